The van der Waals surface area contributed by atoms with Crippen molar-refractivity contribution in [2.75, 3.05) is 6.61 Å². The summed E-state index contributed by atoms with van der Waals surface area (Å²) >= 11 is 6.36. The van der Waals surface area contributed by atoms with Gasteiger partial charge in [-0.3, -0.25) is 4.79 Å². The molecule has 0 unspecified atom stereocenters. The first kappa shape index (κ1) is 18.5. The van der Waals surface area contributed by atoms with E-state index in [9.17, 15) is 9.59 Å². The summed E-state index contributed by atoms with van der Waals surface area (Å²) < 4.78 is 5.23. The molecule has 3 aromatic rings. The van der Waals surface area contributed by atoms with E-state index in [4.69, 9.17) is 16.3 Å². The maximum absolute atomic E-state index is 13.2. The minimum absolute atomic E-state index is 0.0109. The van der Waals surface area contributed by atoms with Crippen LogP contribution < -0.4 is 0 Å². The molecule has 1 N–H and O–H groups in total. The van der Waals surface area contributed by atoms with Crippen LogP contribution in [0.25, 0.3) is 11.1 Å². The van der Waals surface area contributed by atoms with Crippen LogP contribution in [0.5, 0.6) is 0 Å². The molecule has 1 aromatic heterocycles. The maximum Gasteiger partial charge on any atom is 0.355 e. The predicted molar refractivity (Wildman–Crippen MR) is 109 cm³/mol. The topological polar surface area (TPSA) is 59.2 Å². The molecule has 0 saturated carbocycles. The van der Waals surface area contributed by atoms with Gasteiger partial charge in [0.1, 0.15) is 5.69 Å². The molecule has 2 aromatic carbocycles. The fourth-order valence-electron chi connectivity index (χ4n) is 3.93. The van der Waals surface area contributed by atoms with E-state index in [1.165, 1.54) is 0 Å². The van der Waals surface area contributed by atoms with E-state index in [1.807, 2.05) is 54.6 Å². The number of ether oxygens (including phenoxy) is 1. The van der Waals surface area contributed by atoms with Gasteiger partial charge >= 0.3 is 5.97 Å². The van der Waals surface area contributed by atoms with Crippen LogP contribution in [0.4, 0.5) is 0 Å². The van der Waals surface area contributed by atoms with Crippen molar-refractivity contribution >= 4 is 23.4 Å². The number of rotatable bonds is 4. The largest absolute Gasteiger partial charge is 0.461 e. The first-order valence-electron chi connectivity index (χ1n) is 9.35. The van der Waals surface area contributed by atoms with E-state index in [-0.39, 0.29) is 18.3 Å². The Morgan fingerprint density at radius 3 is 2.50 bits per heavy atom. The zero-order valence-electron chi connectivity index (χ0n) is 15.5. The zero-order valence-corrected chi connectivity index (χ0v) is 16.3. The van der Waals surface area contributed by atoms with E-state index in [0.717, 1.165) is 16.8 Å². The van der Waals surface area contributed by atoms with E-state index in [2.05, 4.69) is 4.98 Å². The third kappa shape index (κ3) is 3.25. The summed E-state index contributed by atoms with van der Waals surface area (Å²) in [6.07, 6.45) is 0.973. The standard InChI is InChI=1S/C23H20ClNO3/c1-2-28-23(27)22-20(14-8-4-3-5-9-14)21-18(25-22)12-15(13-19(21)26)16-10-6-7-11-17(16)24/h3-11,15,25H,2,12-13H2,1H3/t15-/m0/s1. The Bertz CT molecular complexity index is 1040. The number of esters is 1. The van der Waals surface area contributed by atoms with Crippen LogP contribution in [0.2, 0.25) is 5.02 Å². The molecular weight excluding hydrogens is 374 g/mol. The van der Waals surface area contributed by atoms with Gasteiger partial charge in [-0.2, -0.15) is 0 Å². The molecule has 0 saturated heterocycles. The Labute approximate surface area is 168 Å². The highest BCUT2D eigenvalue weighted by atomic mass is 35.5. The lowest BCUT2D eigenvalue weighted by atomic mass is 9.80. The van der Waals surface area contributed by atoms with Crippen LogP contribution >= 0.6 is 11.6 Å². The molecule has 1 atom stereocenters. The highest BCUT2D eigenvalue weighted by molar-refractivity contribution is 6.31. The Balaban J connectivity index is 1.83. The van der Waals surface area contributed by atoms with Crippen LogP contribution in [0.1, 0.15) is 51.4 Å². The smallest absolute Gasteiger partial charge is 0.355 e. The van der Waals surface area contributed by atoms with Crippen LogP contribution in [-0.4, -0.2) is 23.3 Å². The molecule has 142 valence electrons. The number of fused-ring (bicyclic) bond motifs is 1. The van der Waals surface area contributed by atoms with Gasteiger partial charge in [-0.15, -0.1) is 0 Å². The second kappa shape index (κ2) is 7.64. The normalized spacial score (nSPS) is 15.9. The van der Waals surface area contributed by atoms with Crippen LogP contribution in [0.15, 0.2) is 54.6 Å². The molecule has 4 rings (SSSR count). The molecule has 5 heteroatoms. The number of aromatic amines is 1. The molecular formula is C23H20ClNO3. The molecule has 1 aliphatic carbocycles. The van der Waals surface area contributed by atoms with Gasteiger partial charge in [-0.1, -0.05) is 60.1 Å². The number of benzene rings is 2. The van der Waals surface area contributed by atoms with Gasteiger partial charge < -0.3 is 9.72 Å². The monoisotopic (exact) mass is 393 g/mol. The second-order valence-corrected chi connectivity index (χ2v) is 7.27. The van der Waals surface area contributed by atoms with Crippen LogP contribution in [0, 0.1) is 0 Å². The van der Waals surface area contributed by atoms with Gasteiger partial charge in [-0.05, 0) is 36.5 Å². The van der Waals surface area contributed by atoms with Gasteiger partial charge in [0.05, 0.1) is 6.61 Å². The second-order valence-electron chi connectivity index (χ2n) is 6.86. The van der Waals surface area contributed by atoms with E-state index >= 15 is 0 Å². The Morgan fingerprint density at radius 2 is 1.79 bits per heavy atom. The third-order valence-corrected chi connectivity index (χ3v) is 5.47. The van der Waals surface area contributed by atoms with Gasteiger partial charge in [0.25, 0.3) is 0 Å². The van der Waals surface area contributed by atoms with Crippen LogP contribution in [-0.2, 0) is 11.2 Å². The summed E-state index contributed by atoms with van der Waals surface area (Å²) in [7, 11) is 0. The van der Waals surface area contributed by atoms with Crippen molar-refractivity contribution in [3.05, 3.63) is 82.1 Å². The minimum atomic E-state index is -0.446. The quantitative estimate of drug-likeness (QED) is 0.601. The average molecular weight is 394 g/mol. The van der Waals surface area contributed by atoms with E-state index < -0.39 is 5.97 Å². The molecule has 1 aliphatic rings. The molecule has 0 spiro atoms. The minimum Gasteiger partial charge on any atom is -0.461 e. The van der Waals surface area contributed by atoms with Crippen molar-refractivity contribution in [3.63, 3.8) is 0 Å². The van der Waals surface area contributed by atoms with E-state index in [1.54, 1.807) is 6.92 Å². The predicted octanol–water partition coefficient (Wildman–Crippen LogP) is 5.42. The Kier molecular flexibility index (Phi) is 5.05. The number of aromatic nitrogens is 1. The van der Waals surface area contributed by atoms with Gasteiger partial charge in [-0.25, -0.2) is 4.79 Å². The molecule has 1 heterocycles. The highest BCUT2D eigenvalue weighted by Gasteiger charge is 2.34. The Morgan fingerprint density at radius 1 is 1.07 bits per heavy atom. The van der Waals surface area contributed by atoms with Gasteiger partial charge in [0.15, 0.2) is 5.78 Å². The summed E-state index contributed by atoms with van der Waals surface area (Å²) in [5.41, 5.74) is 4.12. The number of ketones is 1. The Hall–Kier alpha value is -2.85. The third-order valence-electron chi connectivity index (χ3n) is 5.13. The zero-order chi connectivity index (χ0) is 19.7. The van der Waals surface area contributed by atoms with Crippen molar-refractivity contribution in [3.8, 4) is 11.1 Å². The number of Topliss-reactive ketones (excluding diaryl/α,β-unsaturated/α-hetero) is 1. The maximum atomic E-state index is 13.2. The first-order chi connectivity index (χ1) is 13.6. The number of hydrogen-bond acceptors (Lipinski definition) is 3. The lowest BCUT2D eigenvalue weighted by Gasteiger charge is -2.23. The van der Waals surface area contributed by atoms with Crippen molar-refractivity contribution in [2.45, 2.75) is 25.7 Å². The summed E-state index contributed by atoms with van der Waals surface area (Å²) in [6, 6.07) is 17.1. The van der Waals surface area contributed by atoms with Crippen molar-refractivity contribution in [2.24, 2.45) is 0 Å². The summed E-state index contributed by atoms with van der Waals surface area (Å²) in [5, 5.41) is 0.657. The summed E-state index contributed by atoms with van der Waals surface area (Å²) in [6.45, 7) is 2.04. The van der Waals surface area contributed by atoms with Crippen molar-refractivity contribution in [1.29, 1.82) is 0 Å². The number of H-pyrrole nitrogens is 1. The molecule has 0 amide bonds. The SMILES string of the molecule is CCOC(=O)c1[nH]c2c(c1-c1ccccc1)C(=O)C[C@@H](c1ccccc1Cl)C2. The van der Waals surface area contributed by atoms with Crippen molar-refractivity contribution in [1.82, 2.24) is 4.98 Å². The lowest BCUT2D eigenvalue weighted by Crippen LogP contribution is -2.18. The average Bonchev–Trinajstić information content (AvgIpc) is 3.09. The molecule has 0 fully saturated rings. The molecule has 0 aliphatic heterocycles. The summed E-state index contributed by atoms with van der Waals surface area (Å²) in [5.74, 6) is -0.458. The highest BCUT2D eigenvalue weighted by Crippen LogP contribution is 2.41. The van der Waals surface area contributed by atoms with Crippen molar-refractivity contribution < 1.29 is 14.3 Å². The molecule has 0 radical (unpaired) electrons. The van der Waals surface area contributed by atoms with Gasteiger partial charge in [0, 0.05) is 28.3 Å². The fourth-order valence-corrected chi connectivity index (χ4v) is 4.22. The lowest BCUT2D eigenvalue weighted by molar-refractivity contribution is 0.0521. The molecule has 4 nitrogen and oxygen atoms in total. The fraction of sp³-hybridized carbons (Fsp3) is 0.217. The first-order valence-corrected chi connectivity index (χ1v) is 9.73. The number of halogens is 1. The summed E-state index contributed by atoms with van der Waals surface area (Å²) in [4.78, 5) is 28.9. The number of carbonyl (C=O) groups excluding carboxylic acids is 2. The number of carbonyl (C=O) groups is 2. The molecule has 28 heavy (non-hydrogen) atoms. The molecule has 0 bridgehead atoms. The number of hydrogen-bond donors (Lipinski definition) is 1. The van der Waals surface area contributed by atoms with Gasteiger partial charge in [0.2, 0.25) is 0 Å². The number of nitrogens with one attached hydrogen (secondary N) is 1. The van der Waals surface area contributed by atoms with Crippen LogP contribution in [0.3, 0.4) is 0 Å². The van der Waals surface area contributed by atoms with E-state index in [0.29, 0.717) is 34.7 Å².